The molecule has 5 heteroatoms. The number of nitrogens with one attached hydrogen (secondary N) is 1. The van der Waals surface area contributed by atoms with Crippen molar-refractivity contribution in [1.29, 1.82) is 0 Å². The summed E-state index contributed by atoms with van der Waals surface area (Å²) in [4.78, 5) is 26.4. The van der Waals surface area contributed by atoms with E-state index < -0.39 is 5.54 Å². The normalized spacial score (nSPS) is 20.6. The van der Waals surface area contributed by atoms with E-state index in [-0.39, 0.29) is 18.2 Å². The van der Waals surface area contributed by atoms with Gasteiger partial charge in [0.1, 0.15) is 5.75 Å². The fourth-order valence-corrected chi connectivity index (χ4v) is 2.85. The molecule has 0 saturated carbocycles. The lowest BCUT2D eigenvalue weighted by Crippen LogP contribution is -2.62. The lowest BCUT2D eigenvalue weighted by molar-refractivity contribution is -0.134. The molecule has 1 N–H and O–H groups in total. The Bertz CT molecular complexity index is 595. The van der Waals surface area contributed by atoms with Gasteiger partial charge in [-0.2, -0.15) is 0 Å². The fraction of sp³-hybridized carbons (Fsp3) is 0.500. The first-order valence-electron chi connectivity index (χ1n) is 7.31. The summed E-state index contributed by atoms with van der Waals surface area (Å²) >= 11 is 0. The van der Waals surface area contributed by atoms with Gasteiger partial charge in [0.05, 0.1) is 18.7 Å². The molecule has 1 aromatic carbocycles. The van der Waals surface area contributed by atoms with Gasteiger partial charge in [-0.1, -0.05) is 0 Å². The van der Waals surface area contributed by atoms with Crippen LogP contribution in [0, 0.1) is 0 Å². The highest BCUT2D eigenvalue weighted by atomic mass is 16.5. The van der Waals surface area contributed by atoms with Crippen molar-refractivity contribution in [3.05, 3.63) is 29.3 Å². The van der Waals surface area contributed by atoms with E-state index in [9.17, 15) is 9.59 Å². The predicted octanol–water partition coefficient (Wildman–Crippen LogP) is 1.01. The third-order valence-electron chi connectivity index (χ3n) is 4.36. The number of amides is 1. The zero-order chi connectivity index (χ0) is 15.0. The largest absolute Gasteiger partial charge is 0.493 e. The van der Waals surface area contributed by atoms with Crippen LogP contribution in [0.25, 0.3) is 0 Å². The van der Waals surface area contributed by atoms with Gasteiger partial charge < -0.3 is 10.1 Å². The number of benzene rings is 1. The summed E-state index contributed by atoms with van der Waals surface area (Å²) in [5, 5.41) is 2.84. The second kappa shape index (κ2) is 5.15. The lowest BCUT2D eigenvalue weighted by Gasteiger charge is -2.40. The van der Waals surface area contributed by atoms with Gasteiger partial charge in [-0.05, 0) is 37.6 Å². The minimum Gasteiger partial charge on any atom is -0.493 e. The van der Waals surface area contributed by atoms with Crippen LogP contribution in [0.2, 0.25) is 0 Å². The molecule has 21 heavy (non-hydrogen) atoms. The summed E-state index contributed by atoms with van der Waals surface area (Å²) in [6.07, 6.45) is 0.855. The van der Waals surface area contributed by atoms with Gasteiger partial charge in [-0.3, -0.25) is 14.5 Å². The minimum absolute atomic E-state index is 0.0242. The van der Waals surface area contributed by atoms with Crippen molar-refractivity contribution in [2.45, 2.75) is 25.8 Å². The maximum atomic E-state index is 12.5. The van der Waals surface area contributed by atoms with Gasteiger partial charge in [0, 0.05) is 25.1 Å². The van der Waals surface area contributed by atoms with Gasteiger partial charge in [0.15, 0.2) is 5.78 Å². The number of fused-ring (bicyclic) bond motifs is 1. The number of nitrogens with zero attached hydrogens (tertiary/aromatic N) is 1. The Labute approximate surface area is 124 Å². The van der Waals surface area contributed by atoms with Crippen molar-refractivity contribution in [3.8, 4) is 5.75 Å². The highest BCUT2D eigenvalue weighted by molar-refractivity contribution is 5.98. The third kappa shape index (κ3) is 2.53. The van der Waals surface area contributed by atoms with E-state index >= 15 is 0 Å². The lowest BCUT2D eigenvalue weighted by atomic mass is 9.97. The average molecular weight is 288 g/mol. The molecule has 2 heterocycles. The van der Waals surface area contributed by atoms with Crippen LogP contribution in [0.3, 0.4) is 0 Å². The number of carbonyl (C=O) groups is 2. The monoisotopic (exact) mass is 288 g/mol. The molecule has 1 fully saturated rings. The summed E-state index contributed by atoms with van der Waals surface area (Å²) in [5.74, 6) is 0.903. The predicted molar refractivity (Wildman–Crippen MR) is 78.6 cm³/mol. The van der Waals surface area contributed by atoms with E-state index in [1.165, 1.54) is 0 Å². The first-order valence-corrected chi connectivity index (χ1v) is 7.31. The Morgan fingerprint density at radius 1 is 1.43 bits per heavy atom. The molecule has 0 unspecified atom stereocenters. The Kier molecular flexibility index (Phi) is 3.45. The van der Waals surface area contributed by atoms with E-state index in [4.69, 9.17) is 4.74 Å². The smallest absolute Gasteiger partial charge is 0.240 e. The fourth-order valence-electron chi connectivity index (χ4n) is 2.85. The quantitative estimate of drug-likeness (QED) is 0.844. The Hall–Kier alpha value is -1.88. The van der Waals surface area contributed by atoms with Gasteiger partial charge in [-0.25, -0.2) is 0 Å². The number of rotatable bonds is 3. The Morgan fingerprint density at radius 2 is 2.24 bits per heavy atom. The SMILES string of the molecule is CC1(C)C(=O)NCCN1CC(=O)c1ccc2c(c1)CCO2. The minimum atomic E-state index is -0.645. The van der Waals surface area contributed by atoms with Crippen LogP contribution in [-0.4, -0.2) is 48.4 Å². The molecule has 5 nitrogen and oxygen atoms in total. The van der Waals surface area contributed by atoms with E-state index in [1.54, 1.807) is 0 Å². The standard InChI is InChI=1S/C16H20N2O3/c1-16(2)15(20)17-6-7-18(16)10-13(19)11-3-4-14-12(9-11)5-8-21-14/h3-4,9H,5-8,10H2,1-2H3,(H,17,20). The van der Waals surface area contributed by atoms with Gasteiger partial charge >= 0.3 is 0 Å². The number of hydrogen-bond donors (Lipinski definition) is 1. The van der Waals surface area contributed by atoms with Crippen LogP contribution < -0.4 is 10.1 Å². The first kappa shape index (κ1) is 14.1. The van der Waals surface area contributed by atoms with Crippen molar-refractivity contribution in [1.82, 2.24) is 10.2 Å². The highest BCUT2D eigenvalue weighted by Gasteiger charge is 2.38. The van der Waals surface area contributed by atoms with Crippen molar-refractivity contribution in [2.75, 3.05) is 26.2 Å². The average Bonchev–Trinajstić information content (AvgIpc) is 2.91. The van der Waals surface area contributed by atoms with E-state index in [0.29, 0.717) is 25.3 Å². The van der Waals surface area contributed by atoms with Crippen LogP contribution in [0.1, 0.15) is 29.8 Å². The number of Topliss-reactive ketones (excluding diaryl/α,β-unsaturated/α-hetero) is 1. The molecule has 0 radical (unpaired) electrons. The molecular formula is C16H20N2O3. The van der Waals surface area contributed by atoms with Gasteiger partial charge in [0.2, 0.25) is 5.91 Å². The van der Waals surface area contributed by atoms with Crippen molar-refractivity contribution >= 4 is 11.7 Å². The topological polar surface area (TPSA) is 58.6 Å². The van der Waals surface area contributed by atoms with E-state index in [0.717, 1.165) is 17.7 Å². The van der Waals surface area contributed by atoms with Crippen LogP contribution in [0.5, 0.6) is 5.75 Å². The molecule has 3 rings (SSSR count). The highest BCUT2D eigenvalue weighted by Crippen LogP contribution is 2.26. The molecule has 0 aromatic heterocycles. The number of ketones is 1. The molecule has 1 aromatic rings. The zero-order valence-electron chi connectivity index (χ0n) is 12.4. The summed E-state index contributed by atoms with van der Waals surface area (Å²) in [6.45, 7) is 5.94. The van der Waals surface area contributed by atoms with Crippen LogP contribution in [-0.2, 0) is 11.2 Å². The molecule has 0 bridgehead atoms. The number of ether oxygens (including phenoxy) is 1. The molecular weight excluding hydrogens is 268 g/mol. The van der Waals surface area contributed by atoms with Gasteiger partial charge in [0.25, 0.3) is 0 Å². The molecule has 0 spiro atoms. The summed E-state index contributed by atoms with van der Waals surface area (Å²) in [6, 6.07) is 5.59. The Morgan fingerprint density at radius 3 is 3.05 bits per heavy atom. The third-order valence-corrected chi connectivity index (χ3v) is 4.36. The second-order valence-electron chi connectivity index (χ2n) is 6.08. The molecule has 2 aliphatic heterocycles. The molecule has 112 valence electrons. The Balaban J connectivity index is 1.75. The summed E-state index contributed by atoms with van der Waals surface area (Å²) in [7, 11) is 0. The van der Waals surface area contributed by atoms with Crippen LogP contribution in [0.4, 0.5) is 0 Å². The van der Waals surface area contributed by atoms with Crippen molar-refractivity contribution in [3.63, 3.8) is 0 Å². The van der Waals surface area contributed by atoms with Crippen LogP contribution in [0.15, 0.2) is 18.2 Å². The van der Waals surface area contributed by atoms with E-state index in [1.807, 2.05) is 36.9 Å². The maximum absolute atomic E-state index is 12.5. The molecule has 0 aliphatic carbocycles. The molecule has 1 saturated heterocycles. The second-order valence-corrected chi connectivity index (χ2v) is 6.08. The number of carbonyl (C=O) groups excluding carboxylic acids is 2. The zero-order valence-corrected chi connectivity index (χ0v) is 12.4. The maximum Gasteiger partial charge on any atom is 0.240 e. The summed E-state index contributed by atoms with van der Waals surface area (Å²) < 4.78 is 5.46. The van der Waals surface area contributed by atoms with Crippen LogP contribution >= 0.6 is 0 Å². The van der Waals surface area contributed by atoms with Crippen molar-refractivity contribution in [2.24, 2.45) is 0 Å². The van der Waals surface area contributed by atoms with E-state index in [2.05, 4.69) is 5.32 Å². The molecule has 2 aliphatic rings. The number of piperazine rings is 1. The van der Waals surface area contributed by atoms with Crippen molar-refractivity contribution < 1.29 is 14.3 Å². The molecule has 0 atom stereocenters. The summed E-state index contributed by atoms with van der Waals surface area (Å²) in [5.41, 5.74) is 1.14. The first-order chi connectivity index (χ1) is 9.98. The molecule has 1 amide bonds. The number of hydrogen-bond acceptors (Lipinski definition) is 4. The van der Waals surface area contributed by atoms with Gasteiger partial charge in [-0.15, -0.1) is 0 Å².